The number of halogens is 1. The summed E-state index contributed by atoms with van der Waals surface area (Å²) in [6.45, 7) is 0. The van der Waals surface area contributed by atoms with Crippen molar-refractivity contribution in [3.05, 3.63) is 87.1 Å². The molecule has 0 aliphatic carbocycles. The normalized spacial score (nSPS) is 11.9. The molecule has 0 amide bonds. The molecule has 0 N–H and O–H groups in total. The van der Waals surface area contributed by atoms with Gasteiger partial charge in [0.25, 0.3) is 5.69 Å². The largest absolute Gasteiger partial charge is 0.456 e. The van der Waals surface area contributed by atoms with Crippen LogP contribution in [0.3, 0.4) is 0 Å². The van der Waals surface area contributed by atoms with Crippen LogP contribution in [0.2, 0.25) is 5.02 Å². The number of hydrogen-bond donors (Lipinski definition) is 0. The van der Waals surface area contributed by atoms with E-state index in [0.29, 0.717) is 11.3 Å². The van der Waals surface area contributed by atoms with E-state index >= 15 is 0 Å². The number of nitrogens with zero attached hydrogens (tertiary/aromatic N) is 2. The lowest BCUT2D eigenvalue weighted by atomic mass is 10.1. The SMILES string of the molecule is CN(C)S(=O)(=O)c1ccc(C(=O)/C=C/c2ccc(-c3ccc(Cl)cc3[N+](=O)[O-])o2)cc1. The molecule has 0 spiro atoms. The van der Waals surface area contributed by atoms with E-state index in [1.807, 2.05) is 0 Å². The second-order valence-electron chi connectivity index (χ2n) is 6.63. The monoisotopic (exact) mass is 460 g/mol. The maximum Gasteiger partial charge on any atom is 0.281 e. The minimum atomic E-state index is -3.58. The van der Waals surface area contributed by atoms with Crippen LogP contribution in [-0.2, 0) is 10.0 Å². The number of hydrogen-bond acceptors (Lipinski definition) is 6. The van der Waals surface area contributed by atoms with E-state index in [1.54, 1.807) is 12.1 Å². The van der Waals surface area contributed by atoms with Gasteiger partial charge in [-0.05, 0) is 60.7 Å². The zero-order chi connectivity index (χ0) is 22.8. The van der Waals surface area contributed by atoms with E-state index in [2.05, 4.69) is 0 Å². The fourth-order valence-corrected chi connectivity index (χ4v) is 3.78. The van der Waals surface area contributed by atoms with Gasteiger partial charge in [-0.25, -0.2) is 12.7 Å². The van der Waals surface area contributed by atoms with Crippen LogP contribution >= 0.6 is 11.6 Å². The highest BCUT2D eigenvalue weighted by Crippen LogP contribution is 2.33. The van der Waals surface area contributed by atoms with E-state index in [9.17, 15) is 23.3 Å². The van der Waals surface area contributed by atoms with Crippen LogP contribution in [0.15, 0.2) is 70.0 Å². The second-order valence-corrected chi connectivity index (χ2v) is 9.22. The minimum Gasteiger partial charge on any atom is -0.456 e. The average molecular weight is 461 g/mol. The highest BCUT2D eigenvalue weighted by Gasteiger charge is 2.19. The molecule has 0 unspecified atom stereocenters. The van der Waals surface area contributed by atoms with Crippen LogP contribution in [0, 0.1) is 10.1 Å². The number of nitro benzene ring substituents is 1. The number of furan rings is 1. The average Bonchev–Trinajstić information content (AvgIpc) is 3.20. The Morgan fingerprint density at radius 2 is 1.77 bits per heavy atom. The Balaban J connectivity index is 1.79. The van der Waals surface area contributed by atoms with Crippen molar-refractivity contribution in [2.24, 2.45) is 0 Å². The Hall–Kier alpha value is -3.27. The number of sulfonamides is 1. The molecule has 0 aliphatic rings. The fourth-order valence-electron chi connectivity index (χ4n) is 2.71. The van der Waals surface area contributed by atoms with Gasteiger partial charge in [0, 0.05) is 30.7 Å². The van der Waals surface area contributed by atoms with Crippen LogP contribution in [0.1, 0.15) is 16.1 Å². The van der Waals surface area contributed by atoms with Crippen molar-refractivity contribution < 1.29 is 22.6 Å². The lowest BCUT2D eigenvalue weighted by Gasteiger charge is -2.11. The topological polar surface area (TPSA) is 111 Å². The van der Waals surface area contributed by atoms with E-state index in [4.69, 9.17) is 16.0 Å². The molecule has 160 valence electrons. The van der Waals surface area contributed by atoms with E-state index in [-0.39, 0.29) is 32.7 Å². The first-order valence-electron chi connectivity index (χ1n) is 8.89. The Labute approximate surface area is 183 Å². The highest BCUT2D eigenvalue weighted by atomic mass is 35.5. The molecule has 31 heavy (non-hydrogen) atoms. The first-order chi connectivity index (χ1) is 14.6. The summed E-state index contributed by atoms with van der Waals surface area (Å²) >= 11 is 5.83. The Morgan fingerprint density at radius 1 is 1.10 bits per heavy atom. The van der Waals surface area contributed by atoms with Gasteiger partial charge in [0.05, 0.1) is 15.4 Å². The number of carbonyl (C=O) groups is 1. The van der Waals surface area contributed by atoms with Gasteiger partial charge in [-0.1, -0.05) is 11.6 Å². The summed E-state index contributed by atoms with van der Waals surface area (Å²) in [4.78, 5) is 23.2. The lowest BCUT2D eigenvalue weighted by Crippen LogP contribution is -2.22. The third kappa shape index (κ3) is 4.91. The van der Waals surface area contributed by atoms with Crippen LogP contribution in [0.5, 0.6) is 0 Å². The number of benzene rings is 2. The third-order valence-corrected chi connectivity index (χ3v) is 6.43. The molecule has 0 saturated carbocycles. The quantitative estimate of drug-likeness (QED) is 0.219. The third-order valence-electron chi connectivity index (χ3n) is 4.37. The summed E-state index contributed by atoms with van der Waals surface area (Å²) in [7, 11) is -0.730. The molecule has 0 saturated heterocycles. The van der Waals surface area contributed by atoms with E-state index in [1.165, 1.54) is 68.7 Å². The van der Waals surface area contributed by atoms with Crippen molar-refractivity contribution in [3.63, 3.8) is 0 Å². The Morgan fingerprint density at radius 3 is 2.39 bits per heavy atom. The van der Waals surface area contributed by atoms with Gasteiger partial charge >= 0.3 is 0 Å². The van der Waals surface area contributed by atoms with Gasteiger partial charge in [-0.3, -0.25) is 14.9 Å². The van der Waals surface area contributed by atoms with Gasteiger partial charge in [-0.2, -0.15) is 0 Å². The maximum absolute atomic E-state index is 12.4. The smallest absolute Gasteiger partial charge is 0.281 e. The highest BCUT2D eigenvalue weighted by molar-refractivity contribution is 7.89. The standard InChI is InChI=1S/C21H17ClN2O6S/c1-23(2)31(28,29)17-8-3-14(4-9-17)20(25)11-6-16-7-12-21(30-16)18-10-5-15(22)13-19(18)24(26)27/h3-13H,1-2H3/b11-6+. The summed E-state index contributed by atoms with van der Waals surface area (Å²) in [6, 6.07) is 12.9. The molecule has 0 atom stereocenters. The number of ketones is 1. The van der Waals surface area contributed by atoms with Gasteiger partial charge in [0.15, 0.2) is 5.78 Å². The molecule has 0 radical (unpaired) electrons. The molecule has 2 aromatic carbocycles. The van der Waals surface area contributed by atoms with Crippen LogP contribution < -0.4 is 0 Å². The zero-order valence-corrected chi connectivity index (χ0v) is 18.1. The number of rotatable bonds is 7. The van der Waals surface area contributed by atoms with Gasteiger partial charge in [0.2, 0.25) is 10.0 Å². The van der Waals surface area contributed by atoms with Crippen molar-refractivity contribution in [2.75, 3.05) is 14.1 Å². The van der Waals surface area contributed by atoms with Crippen molar-refractivity contribution in [3.8, 4) is 11.3 Å². The summed E-state index contributed by atoms with van der Waals surface area (Å²) < 4.78 is 30.9. The Bertz CT molecular complexity index is 1280. The predicted octanol–water partition coefficient (Wildman–Crippen LogP) is 4.65. The first kappa shape index (κ1) is 22.4. The van der Waals surface area contributed by atoms with Crippen molar-refractivity contribution in [1.29, 1.82) is 0 Å². The molecular weight excluding hydrogens is 444 g/mol. The summed E-state index contributed by atoms with van der Waals surface area (Å²) in [6.07, 6.45) is 2.70. The predicted molar refractivity (Wildman–Crippen MR) is 116 cm³/mol. The molecule has 10 heteroatoms. The van der Waals surface area contributed by atoms with Crippen LogP contribution in [0.4, 0.5) is 5.69 Å². The Kier molecular flexibility index (Phi) is 6.40. The molecule has 0 aliphatic heterocycles. The number of carbonyl (C=O) groups excluding carboxylic acids is 1. The molecular formula is C21H17ClN2O6S. The first-order valence-corrected chi connectivity index (χ1v) is 10.7. The van der Waals surface area contributed by atoms with Crippen LogP contribution in [0.25, 0.3) is 17.4 Å². The molecule has 1 aromatic heterocycles. The minimum absolute atomic E-state index is 0.0817. The van der Waals surface area contributed by atoms with Crippen molar-refractivity contribution in [1.82, 2.24) is 4.31 Å². The van der Waals surface area contributed by atoms with Gasteiger partial charge < -0.3 is 4.42 Å². The summed E-state index contributed by atoms with van der Waals surface area (Å²) in [5.41, 5.74) is 0.369. The molecule has 8 nitrogen and oxygen atoms in total. The van der Waals surface area contributed by atoms with E-state index in [0.717, 1.165) is 4.31 Å². The number of nitro groups is 1. The van der Waals surface area contributed by atoms with Gasteiger partial charge in [0.1, 0.15) is 11.5 Å². The fraction of sp³-hybridized carbons (Fsp3) is 0.0952. The van der Waals surface area contributed by atoms with Gasteiger partial charge in [-0.15, -0.1) is 0 Å². The zero-order valence-electron chi connectivity index (χ0n) is 16.5. The second kappa shape index (κ2) is 8.84. The van der Waals surface area contributed by atoms with Crippen molar-refractivity contribution in [2.45, 2.75) is 4.90 Å². The molecule has 0 fully saturated rings. The lowest BCUT2D eigenvalue weighted by molar-refractivity contribution is -0.384. The molecule has 3 rings (SSSR count). The van der Waals surface area contributed by atoms with Crippen molar-refractivity contribution >= 4 is 39.2 Å². The molecule has 1 heterocycles. The maximum atomic E-state index is 12.4. The summed E-state index contributed by atoms with van der Waals surface area (Å²) in [5, 5.41) is 11.5. The van der Waals surface area contributed by atoms with Crippen LogP contribution in [-0.4, -0.2) is 37.5 Å². The molecule has 0 bridgehead atoms. The summed E-state index contributed by atoms with van der Waals surface area (Å²) in [5.74, 6) is 0.220. The molecule has 3 aromatic rings. The number of allylic oxidation sites excluding steroid dienone is 1. The van der Waals surface area contributed by atoms with E-state index < -0.39 is 14.9 Å².